The number of halogens is 4. The molecule has 2 atom stereocenters. The van der Waals surface area contributed by atoms with Gasteiger partial charge in [0.15, 0.2) is 11.2 Å². The van der Waals surface area contributed by atoms with Crippen LogP contribution < -0.4 is 5.76 Å². The van der Waals surface area contributed by atoms with Crippen molar-refractivity contribution in [3.05, 3.63) is 87.0 Å². The van der Waals surface area contributed by atoms with Crippen LogP contribution in [0.1, 0.15) is 34.3 Å². The molecule has 7 nitrogen and oxygen atoms in total. The van der Waals surface area contributed by atoms with Gasteiger partial charge in [-0.05, 0) is 41.5 Å². The van der Waals surface area contributed by atoms with E-state index in [1.807, 2.05) is 0 Å². The van der Waals surface area contributed by atoms with E-state index in [1.54, 1.807) is 0 Å². The number of aromatic nitrogens is 2. The molecular formula is C24H18ClF3N2O5. The molecule has 0 aliphatic heterocycles. The fourth-order valence-electron chi connectivity index (χ4n) is 3.98. The third kappa shape index (κ3) is 4.08. The number of pyridine rings is 1. The van der Waals surface area contributed by atoms with E-state index in [0.717, 1.165) is 22.9 Å². The van der Waals surface area contributed by atoms with Crippen molar-refractivity contribution in [1.29, 1.82) is 0 Å². The number of benzene rings is 2. The number of alkyl halides is 3. The molecule has 4 rings (SSSR count). The van der Waals surface area contributed by atoms with E-state index in [1.165, 1.54) is 50.4 Å². The van der Waals surface area contributed by atoms with Crippen molar-refractivity contribution in [1.82, 2.24) is 9.55 Å². The van der Waals surface area contributed by atoms with E-state index in [9.17, 15) is 27.9 Å². The van der Waals surface area contributed by atoms with Crippen LogP contribution in [0, 0.1) is 0 Å². The second kappa shape index (κ2) is 8.54. The highest BCUT2D eigenvalue weighted by Crippen LogP contribution is 2.50. The first kappa shape index (κ1) is 24.5. The Morgan fingerprint density at radius 1 is 1.14 bits per heavy atom. The van der Waals surface area contributed by atoms with Crippen LogP contribution in [0.3, 0.4) is 0 Å². The summed E-state index contributed by atoms with van der Waals surface area (Å²) >= 11 is 6.36. The van der Waals surface area contributed by atoms with Gasteiger partial charge in [-0.15, -0.1) is 0 Å². The molecule has 0 saturated heterocycles. The van der Waals surface area contributed by atoms with Crippen LogP contribution in [0.15, 0.2) is 63.9 Å². The Kier molecular flexibility index (Phi) is 5.98. The highest BCUT2D eigenvalue weighted by molar-refractivity contribution is 6.31. The molecule has 2 heterocycles. The van der Waals surface area contributed by atoms with Crippen LogP contribution >= 0.6 is 11.6 Å². The molecular weight excluding hydrogens is 489 g/mol. The summed E-state index contributed by atoms with van der Waals surface area (Å²) in [5.41, 5.74) is -2.82. The number of hydrogen-bond acceptors (Lipinski definition) is 5. The first-order chi connectivity index (χ1) is 16.3. The van der Waals surface area contributed by atoms with Crippen LogP contribution in [0.25, 0.3) is 22.4 Å². The number of carboxylic acids is 1. The van der Waals surface area contributed by atoms with Crippen LogP contribution in [-0.4, -0.2) is 31.9 Å². The summed E-state index contributed by atoms with van der Waals surface area (Å²) < 4.78 is 49.1. The summed E-state index contributed by atoms with van der Waals surface area (Å²) in [5, 5.41) is 20.1. The number of aromatic carboxylic acids is 1. The number of nitrogens with zero attached hydrogens (tertiary/aromatic N) is 2. The largest absolute Gasteiger partial charge is 0.478 e. The van der Waals surface area contributed by atoms with Gasteiger partial charge < -0.3 is 14.6 Å². The summed E-state index contributed by atoms with van der Waals surface area (Å²) in [6.07, 6.45) is -3.94. The standard InChI is InChI=1S/C24H18ClF3N2O5/c1-12(16-6-3-13(9-17(16)25)18-7-4-14(11-29-18)21(31)32)23(34,24(26,27)28)15-5-8-20-19(10-15)30(2)22(33)35-20/h3-12,34H,1-2H3,(H,31,32). The maximum atomic E-state index is 14.4. The number of carboxylic acid groups (broad SMARTS) is 1. The highest BCUT2D eigenvalue weighted by Gasteiger charge is 2.59. The first-order valence-electron chi connectivity index (χ1n) is 10.2. The molecule has 4 aromatic rings. The van der Waals surface area contributed by atoms with Crippen LogP contribution in [0.5, 0.6) is 0 Å². The van der Waals surface area contributed by atoms with Crippen LogP contribution in [0.2, 0.25) is 5.02 Å². The van der Waals surface area contributed by atoms with E-state index in [2.05, 4.69) is 4.98 Å². The van der Waals surface area contributed by atoms with Gasteiger partial charge in [0.25, 0.3) is 0 Å². The molecule has 0 bridgehead atoms. The molecule has 11 heteroatoms. The number of carbonyl (C=O) groups is 1. The molecule has 0 aliphatic carbocycles. The minimum absolute atomic E-state index is 0.0209. The number of aryl methyl sites for hydroxylation is 1. The summed E-state index contributed by atoms with van der Waals surface area (Å²) in [6, 6.07) is 10.4. The predicted octanol–water partition coefficient (Wildman–Crippen LogP) is 5.10. The molecule has 0 radical (unpaired) electrons. The molecule has 0 spiro atoms. The summed E-state index contributed by atoms with van der Waals surface area (Å²) in [5.74, 6) is -3.44. The second-order valence-corrected chi connectivity index (χ2v) is 8.48. The van der Waals surface area contributed by atoms with Gasteiger partial charge in [0.1, 0.15) is 0 Å². The number of aliphatic hydroxyl groups is 1. The topological polar surface area (TPSA) is 106 Å². The Labute approximate surface area is 201 Å². The minimum Gasteiger partial charge on any atom is -0.478 e. The molecule has 0 aliphatic rings. The van der Waals surface area contributed by atoms with Gasteiger partial charge in [-0.25, -0.2) is 9.59 Å². The normalized spacial score (nSPS) is 14.6. The van der Waals surface area contributed by atoms with Gasteiger partial charge in [0, 0.05) is 29.7 Å². The predicted molar refractivity (Wildman–Crippen MR) is 121 cm³/mol. The smallest absolute Gasteiger partial charge is 0.422 e. The average molecular weight is 507 g/mol. The zero-order valence-corrected chi connectivity index (χ0v) is 19.1. The molecule has 2 aromatic carbocycles. The highest BCUT2D eigenvalue weighted by atomic mass is 35.5. The van der Waals surface area contributed by atoms with Gasteiger partial charge in [0.05, 0.1) is 16.8 Å². The lowest BCUT2D eigenvalue weighted by molar-refractivity contribution is -0.274. The molecule has 0 fully saturated rings. The fraction of sp³-hybridized carbons (Fsp3) is 0.208. The first-order valence-corrected chi connectivity index (χ1v) is 10.6. The molecule has 0 amide bonds. The van der Waals surface area contributed by atoms with Crippen molar-refractivity contribution in [2.75, 3.05) is 0 Å². The van der Waals surface area contributed by atoms with Crippen molar-refractivity contribution >= 4 is 28.7 Å². The van der Waals surface area contributed by atoms with Gasteiger partial charge in [-0.1, -0.05) is 36.7 Å². The fourth-order valence-corrected chi connectivity index (χ4v) is 4.32. The van der Waals surface area contributed by atoms with Crippen molar-refractivity contribution in [3.8, 4) is 11.3 Å². The molecule has 2 unspecified atom stereocenters. The third-order valence-electron chi connectivity index (χ3n) is 6.06. The van der Waals surface area contributed by atoms with Crippen LogP contribution in [0.4, 0.5) is 13.2 Å². The molecule has 2 N–H and O–H groups in total. The zero-order valence-electron chi connectivity index (χ0n) is 18.3. The summed E-state index contributed by atoms with van der Waals surface area (Å²) in [4.78, 5) is 26.8. The third-order valence-corrected chi connectivity index (χ3v) is 6.39. The number of rotatable bonds is 5. The van der Waals surface area contributed by atoms with E-state index in [0.29, 0.717) is 11.3 Å². The number of hydrogen-bond donors (Lipinski definition) is 2. The quantitative estimate of drug-likeness (QED) is 0.390. The van der Waals surface area contributed by atoms with Crippen molar-refractivity contribution in [3.63, 3.8) is 0 Å². The molecule has 182 valence electrons. The Morgan fingerprint density at radius 3 is 2.43 bits per heavy atom. The SMILES string of the molecule is CC(c1ccc(-c2ccc(C(=O)O)cn2)cc1Cl)C(O)(c1ccc2oc(=O)n(C)c2c1)C(F)(F)F. The van der Waals surface area contributed by atoms with Gasteiger partial charge in [0.2, 0.25) is 0 Å². The molecule has 0 saturated carbocycles. The van der Waals surface area contributed by atoms with Gasteiger partial charge in [-0.3, -0.25) is 9.55 Å². The van der Waals surface area contributed by atoms with Gasteiger partial charge in [-0.2, -0.15) is 13.2 Å². The Balaban J connectivity index is 1.78. The number of oxazole rings is 1. The van der Waals surface area contributed by atoms with Crippen molar-refractivity contribution in [2.45, 2.75) is 24.6 Å². The molecule has 2 aromatic heterocycles. The Morgan fingerprint density at radius 2 is 1.86 bits per heavy atom. The Hall–Kier alpha value is -3.63. The maximum Gasteiger partial charge on any atom is 0.422 e. The lowest BCUT2D eigenvalue weighted by atomic mass is 9.77. The van der Waals surface area contributed by atoms with Gasteiger partial charge >= 0.3 is 17.9 Å². The average Bonchev–Trinajstić information content (AvgIpc) is 3.10. The summed E-state index contributed by atoms with van der Waals surface area (Å²) in [7, 11) is 1.35. The Bertz CT molecular complexity index is 1490. The lowest BCUT2D eigenvalue weighted by Gasteiger charge is -2.37. The molecule has 35 heavy (non-hydrogen) atoms. The number of fused-ring (bicyclic) bond motifs is 1. The van der Waals surface area contributed by atoms with E-state index in [4.69, 9.17) is 21.1 Å². The van der Waals surface area contributed by atoms with Crippen molar-refractivity contribution < 1.29 is 32.6 Å². The maximum absolute atomic E-state index is 14.4. The van der Waals surface area contributed by atoms with E-state index < -0.39 is 35.0 Å². The van der Waals surface area contributed by atoms with Crippen LogP contribution in [-0.2, 0) is 12.6 Å². The van der Waals surface area contributed by atoms with Crippen molar-refractivity contribution in [2.24, 2.45) is 7.05 Å². The summed E-state index contributed by atoms with van der Waals surface area (Å²) in [6.45, 7) is 1.20. The zero-order chi connectivity index (χ0) is 25.7. The second-order valence-electron chi connectivity index (χ2n) is 8.07. The lowest BCUT2D eigenvalue weighted by Crippen LogP contribution is -2.46. The van der Waals surface area contributed by atoms with E-state index in [-0.39, 0.29) is 27.2 Å². The minimum atomic E-state index is -5.10. The monoisotopic (exact) mass is 506 g/mol. The van der Waals surface area contributed by atoms with E-state index >= 15 is 0 Å².